The molecule has 0 saturated carbocycles. The second-order valence-corrected chi connectivity index (χ2v) is 5.08. The molecule has 3 N–H and O–H groups in total. The van der Waals surface area contributed by atoms with Crippen molar-refractivity contribution in [1.29, 1.82) is 0 Å². The van der Waals surface area contributed by atoms with Crippen LogP contribution in [0.25, 0.3) is 0 Å². The minimum Gasteiger partial charge on any atom is -0.481 e. The second kappa shape index (κ2) is 7.53. The van der Waals surface area contributed by atoms with Gasteiger partial charge in [0, 0.05) is 32.1 Å². The molecule has 0 saturated heterocycles. The molecule has 5 heteroatoms. The van der Waals surface area contributed by atoms with Crippen LogP contribution in [0.1, 0.15) is 37.7 Å². The molecule has 0 radical (unpaired) electrons. The quantitative estimate of drug-likeness (QED) is 0.748. The standard InChI is InChI=1S/C15H22N2O3/c1-11(12-5-7-13(16)8-6-12)10-14(18)17(2)9-3-4-15(19)20/h5-8,11H,3-4,9-10,16H2,1-2H3,(H,19,20). The maximum Gasteiger partial charge on any atom is 0.303 e. The van der Waals surface area contributed by atoms with Crippen molar-refractivity contribution in [1.82, 2.24) is 4.90 Å². The SMILES string of the molecule is CC(CC(=O)N(C)CCCC(=O)O)c1ccc(N)cc1. The van der Waals surface area contributed by atoms with E-state index in [1.165, 1.54) is 0 Å². The average molecular weight is 278 g/mol. The number of carboxylic acids is 1. The number of hydrogen-bond donors (Lipinski definition) is 2. The van der Waals surface area contributed by atoms with Gasteiger partial charge in [-0.2, -0.15) is 0 Å². The largest absolute Gasteiger partial charge is 0.481 e. The van der Waals surface area contributed by atoms with Crippen LogP contribution in [0.15, 0.2) is 24.3 Å². The Kier molecular flexibility index (Phi) is 6.03. The summed E-state index contributed by atoms with van der Waals surface area (Å²) >= 11 is 0. The Morgan fingerprint density at radius 1 is 1.30 bits per heavy atom. The molecule has 0 aliphatic carbocycles. The second-order valence-electron chi connectivity index (χ2n) is 5.08. The maximum absolute atomic E-state index is 12.0. The van der Waals surface area contributed by atoms with E-state index in [4.69, 9.17) is 10.8 Å². The third-order valence-corrected chi connectivity index (χ3v) is 3.30. The first-order valence-electron chi connectivity index (χ1n) is 6.71. The predicted octanol–water partition coefficient (Wildman–Crippen LogP) is 2.09. The number of aliphatic carboxylic acids is 1. The Labute approximate surface area is 119 Å². The molecule has 1 atom stereocenters. The summed E-state index contributed by atoms with van der Waals surface area (Å²) in [5.74, 6) is -0.689. The zero-order chi connectivity index (χ0) is 15.1. The minimum absolute atomic E-state index is 0.0275. The van der Waals surface area contributed by atoms with E-state index in [9.17, 15) is 9.59 Å². The summed E-state index contributed by atoms with van der Waals surface area (Å²) in [5.41, 5.74) is 7.41. The van der Waals surface area contributed by atoms with Gasteiger partial charge in [0.15, 0.2) is 0 Å². The molecule has 1 rings (SSSR count). The molecule has 0 aromatic heterocycles. The number of hydrogen-bond acceptors (Lipinski definition) is 3. The lowest BCUT2D eigenvalue weighted by Gasteiger charge is -2.19. The first-order chi connectivity index (χ1) is 9.40. The van der Waals surface area contributed by atoms with Gasteiger partial charge < -0.3 is 15.7 Å². The highest BCUT2D eigenvalue weighted by Gasteiger charge is 2.15. The van der Waals surface area contributed by atoms with E-state index >= 15 is 0 Å². The summed E-state index contributed by atoms with van der Waals surface area (Å²) in [7, 11) is 1.71. The van der Waals surface area contributed by atoms with Crippen molar-refractivity contribution >= 4 is 17.6 Å². The molecule has 5 nitrogen and oxygen atoms in total. The average Bonchev–Trinajstić information content (AvgIpc) is 2.38. The van der Waals surface area contributed by atoms with Gasteiger partial charge in [0.1, 0.15) is 0 Å². The van der Waals surface area contributed by atoms with Crippen LogP contribution < -0.4 is 5.73 Å². The molecule has 0 aliphatic heterocycles. The number of anilines is 1. The maximum atomic E-state index is 12.0. The third kappa shape index (κ3) is 5.30. The monoisotopic (exact) mass is 278 g/mol. The number of benzene rings is 1. The summed E-state index contributed by atoms with van der Waals surface area (Å²) in [6.45, 7) is 2.47. The van der Waals surface area contributed by atoms with Gasteiger partial charge in [-0.1, -0.05) is 19.1 Å². The van der Waals surface area contributed by atoms with E-state index in [2.05, 4.69) is 0 Å². The Morgan fingerprint density at radius 2 is 1.90 bits per heavy atom. The van der Waals surface area contributed by atoms with Gasteiger partial charge in [-0.25, -0.2) is 0 Å². The van der Waals surface area contributed by atoms with E-state index < -0.39 is 5.97 Å². The van der Waals surface area contributed by atoms with Gasteiger partial charge >= 0.3 is 5.97 Å². The fraction of sp³-hybridized carbons (Fsp3) is 0.467. The summed E-state index contributed by atoms with van der Waals surface area (Å²) in [4.78, 5) is 24.0. The lowest BCUT2D eigenvalue weighted by Crippen LogP contribution is -2.29. The van der Waals surface area contributed by atoms with Crippen molar-refractivity contribution in [3.05, 3.63) is 29.8 Å². The van der Waals surface area contributed by atoms with Crippen LogP contribution in [0, 0.1) is 0 Å². The smallest absolute Gasteiger partial charge is 0.303 e. The highest BCUT2D eigenvalue weighted by atomic mass is 16.4. The number of nitrogen functional groups attached to an aromatic ring is 1. The fourth-order valence-corrected chi connectivity index (χ4v) is 1.95. The first kappa shape index (κ1) is 16.0. The van der Waals surface area contributed by atoms with E-state index in [-0.39, 0.29) is 18.2 Å². The van der Waals surface area contributed by atoms with E-state index in [1.54, 1.807) is 11.9 Å². The summed E-state index contributed by atoms with van der Waals surface area (Å²) in [5, 5.41) is 8.57. The van der Waals surface area contributed by atoms with Gasteiger partial charge in [-0.3, -0.25) is 9.59 Å². The molecular weight excluding hydrogens is 256 g/mol. The Morgan fingerprint density at radius 3 is 2.45 bits per heavy atom. The highest BCUT2D eigenvalue weighted by Crippen LogP contribution is 2.20. The third-order valence-electron chi connectivity index (χ3n) is 3.30. The fourth-order valence-electron chi connectivity index (χ4n) is 1.95. The Hall–Kier alpha value is -2.04. The van der Waals surface area contributed by atoms with E-state index in [0.717, 1.165) is 5.56 Å². The molecule has 0 heterocycles. The number of carbonyl (C=O) groups excluding carboxylic acids is 1. The molecule has 1 unspecified atom stereocenters. The lowest BCUT2D eigenvalue weighted by atomic mass is 9.97. The van der Waals surface area contributed by atoms with Crippen LogP contribution in [0.2, 0.25) is 0 Å². The topological polar surface area (TPSA) is 83.6 Å². The molecule has 110 valence electrons. The van der Waals surface area contributed by atoms with Gasteiger partial charge in [0.25, 0.3) is 0 Å². The van der Waals surface area contributed by atoms with Crippen molar-refractivity contribution in [2.75, 3.05) is 19.3 Å². The zero-order valence-corrected chi connectivity index (χ0v) is 12.0. The summed E-state index contributed by atoms with van der Waals surface area (Å²) in [6.07, 6.45) is 0.979. The molecule has 0 bridgehead atoms. The Balaban J connectivity index is 2.44. The number of nitrogens with two attached hydrogens (primary N) is 1. The number of rotatable bonds is 7. The van der Waals surface area contributed by atoms with Gasteiger partial charge in [0.2, 0.25) is 5.91 Å². The minimum atomic E-state index is -0.832. The van der Waals surface area contributed by atoms with E-state index in [0.29, 0.717) is 25.1 Å². The number of carboxylic acid groups (broad SMARTS) is 1. The van der Waals surface area contributed by atoms with Crippen LogP contribution in [0.4, 0.5) is 5.69 Å². The van der Waals surface area contributed by atoms with Crippen LogP contribution in [0.3, 0.4) is 0 Å². The summed E-state index contributed by atoms with van der Waals surface area (Å²) in [6, 6.07) is 7.51. The molecule has 20 heavy (non-hydrogen) atoms. The molecule has 0 fully saturated rings. The molecular formula is C15H22N2O3. The van der Waals surface area contributed by atoms with Gasteiger partial charge in [0.05, 0.1) is 0 Å². The Bertz CT molecular complexity index is 457. The van der Waals surface area contributed by atoms with Crippen molar-refractivity contribution in [2.24, 2.45) is 0 Å². The van der Waals surface area contributed by atoms with Crippen molar-refractivity contribution in [2.45, 2.75) is 32.1 Å². The molecule has 1 aromatic rings. The number of nitrogens with zero attached hydrogens (tertiary/aromatic N) is 1. The lowest BCUT2D eigenvalue weighted by molar-refractivity contribution is -0.138. The van der Waals surface area contributed by atoms with Crippen molar-refractivity contribution in [3.63, 3.8) is 0 Å². The number of amides is 1. The van der Waals surface area contributed by atoms with Crippen molar-refractivity contribution < 1.29 is 14.7 Å². The van der Waals surface area contributed by atoms with Crippen LogP contribution >= 0.6 is 0 Å². The summed E-state index contributed by atoms with van der Waals surface area (Å²) < 4.78 is 0. The van der Waals surface area contributed by atoms with Crippen LogP contribution in [-0.4, -0.2) is 35.5 Å². The highest BCUT2D eigenvalue weighted by molar-refractivity contribution is 5.77. The molecule has 0 aliphatic rings. The van der Waals surface area contributed by atoms with Gasteiger partial charge in [-0.05, 0) is 30.0 Å². The predicted molar refractivity (Wildman–Crippen MR) is 78.4 cm³/mol. The van der Waals surface area contributed by atoms with Crippen molar-refractivity contribution in [3.8, 4) is 0 Å². The van der Waals surface area contributed by atoms with E-state index in [1.807, 2.05) is 31.2 Å². The first-order valence-corrected chi connectivity index (χ1v) is 6.71. The molecule has 0 spiro atoms. The zero-order valence-electron chi connectivity index (χ0n) is 12.0. The molecule has 1 amide bonds. The van der Waals surface area contributed by atoms with Crippen LogP contribution in [0.5, 0.6) is 0 Å². The molecule has 1 aromatic carbocycles. The van der Waals surface area contributed by atoms with Gasteiger partial charge in [-0.15, -0.1) is 0 Å². The van der Waals surface area contributed by atoms with Crippen LogP contribution in [-0.2, 0) is 9.59 Å². The number of carbonyl (C=O) groups is 2. The normalized spacial score (nSPS) is 11.9.